The normalized spacial score (nSPS) is 15.2. The molecule has 16 nitrogen and oxygen atoms in total. The van der Waals surface area contributed by atoms with E-state index in [1.807, 2.05) is 60.7 Å². The number of rotatable bonds is 13. The Balaban J connectivity index is 0.000000275. The molecule has 0 unspecified atom stereocenters. The van der Waals surface area contributed by atoms with Crippen molar-refractivity contribution in [2.24, 2.45) is 0 Å². The minimum absolute atomic E-state index is 0. The molecule has 0 fully saturated rings. The first-order valence-corrected chi connectivity index (χ1v) is 19.6. The number of aromatic hydroxyl groups is 1. The Morgan fingerprint density at radius 2 is 1.08 bits per heavy atom. The van der Waals surface area contributed by atoms with Gasteiger partial charge in [-0.2, -0.15) is 0 Å². The monoisotopic (exact) mass is 864 g/mol. The van der Waals surface area contributed by atoms with Crippen LogP contribution in [0.4, 0.5) is 0 Å². The third kappa shape index (κ3) is 12.4. The average molecular weight is 865 g/mol. The van der Waals surface area contributed by atoms with Gasteiger partial charge < -0.3 is 50.7 Å². The second kappa shape index (κ2) is 22.4. The van der Waals surface area contributed by atoms with Gasteiger partial charge in [-0.15, -0.1) is 0 Å². The van der Waals surface area contributed by atoms with Crippen LogP contribution in [-0.2, 0) is 52.0 Å². The van der Waals surface area contributed by atoms with Crippen molar-refractivity contribution >= 4 is 23.6 Å². The number of benzene rings is 3. The van der Waals surface area contributed by atoms with Gasteiger partial charge in [-0.25, -0.2) is 0 Å². The van der Waals surface area contributed by atoms with Crippen LogP contribution in [0.2, 0.25) is 0 Å². The molecule has 7 rings (SSSR count). The molecule has 5 aromatic rings. The molecular weight excluding hydrogens is 809 g/mol. The van der Waals surface area contributed by atoms with Crippen LogP contribution in [0.15, 0.2) is 116 Å². The quantitative estimate of drug-likeness (QED) is 0.0900. The smallest absolute Gasteiger partial charge is 0.255 e. The number of aliphatic hydroxyl groups excluding tert-OH is 4. The molecule has 63 heavy (non-hydrogen) atoms. The van der Waals surface area contributed by atoms with Gasteiger partial charge in [-0.1, -0.05) is 81.6 Å². The Hall–Kier alpha value is -6.72. The molecule has 334 valence electrons. The molecule has 2 aliphatic heterocycles. The highest BCUT2D eigenvalue weighted by Crippen LogP contribution is 2.24. The Morgan fingerprint density at radius 3 is 1.56 bits per heavy atom. The van der Waals surface area contributed by atoms with E-state index in [1.165, 1.54) is 21.9 Å². The summed E-state index contributed by atoms with van der Waals surface area (Å²) >= 11 is 0. The van der Waals surface area contributed by atoms with Crippen LogP contribution in [0, 0.1) is 0 Å². The molecule has 2 aromatic heterocycles. The number of hydrogen-bond donors (Lipinski definition) is 7. The molecule has 4 amide bonds. The molecule has 3 aromatic carbocycles. The number of nitrogens with zero attached hydrogens (tertiary/aromatic N) is 4. The van der Waals surface area contributed by atoms with Crippen LogP contribution in [0.1, 0.15) is 80.0 Å². The standard InChI is InChI=1S/C26H27N3O5.C19H21N3O5.2CH4/c1-17(19-9-5-11-21(13-19)34-16-18-7-3-2-4-8-18)28-25(32)23(30)24(31)26(33)29-14-20-10-6-12-27-22(20)15-29;1-11(12-4-2-6-14(23)8-12)21-18(26)16(24)17(25)19(27)22-9-13-5-3-7-20-15(13)10-22;;/h2-13,17,23-24,30-31H,14-16H2,1H3,(H,28,32);2-8,11,16-17,23-25H,9-10H2,1H3,(H,21,26);2*1H4/t17-,23-,24-;11-,16-,17-;;/m11../s1. The number of nitrogens with one attached hydrogen (secondary N) is 2. The topological polar surface area (TPSA) is 235 Å². The number of amides is 4. The van der Waals surface area contributed by atoms with E-state index < -0.39 is 60.1 Å². The number of phenols is 1. The SMILES string of the molecule is C.C.C[C@@H](NC(=O)[C@H](O)[C@@H](O)C(=O)N1Cc2cccnc2C1)c1cccc(O)c1.C[C@@H](NC(=O)[C@H](O)[C@@H](O)C(=O)N1Cc2cccnc2C1)c1cccc(OCc2ccccc2)c1. The zero-order chi connectivity index (χ0) is 43.6. The van der Waals surface area contributed by atoms with E-state index in [2.05, 4.69) is 20.6 Å². The summed E-state index contributed by atoms with van der Waals surface area (Å²) in [5, 5.41) is 55.7. The number of aliphatic hydroxyl groups is 4. The summed E-state index contributed by atoms with van der Waals surface area (Å²) in [4.78, 5) is 61.0. The van der Waals surface area contributed by atoms with E-state index in [9.17, 15) is 44.7 Å². The van der Waals surface area contributed by atoms with Crippen molar-refractivity contribution in [2.75, 3.05) is 0 Å². The molecule has 4 heterocycles. The summed E-state index contributed by atoms with van der Waals surface area (Å²) in [6, 6.07) is 29.5. The highest BCUT2D eigenvalue weighted by atomic mass is 16.5. The number of carbonyl (C=O) groups excluding carboxylic acids is 4. The van der Waals surface area contributed by atoms with Gasteiger partial charge in [-0.05, 0) is 78.1 Å². The summed E-state index contributed by atoms with van der Waals surface area (Å²) < 4.78 is 5.83. The molecule has 0 spiro atoms. The summed E-state index contributed by atoms with van der Waals surface area (Å²) in [5.41, 5.74) is 5.64. The Labute approximate surface area is 366 Å². The van der Waals surface area contributed by atoms with Crippen LogP contribution in [0.5, 0.6) is 11.5 Å². The third-order valence-electron chi connectivity index (χ3n) is 10.3. The molecule has 2 aliphatic rings. The fraction of sp³-hybridized carbons (Fsp3) is 0.319. The molecule has 0 aliphatic carbocycles. The number of hydrogen-bond acceptors (Lipinski definition) is 12. The van der Waals surface area contributed by atoms with E-state index in [-0.39, 0.29) is 46.8 Å². The van der Waals surface area contributed by atoms with Crippen LogP contribution in [-0.4, -0.2) is 93.3 Å². The van der Waals surface area contributed by atoms with E-state index in [1.54, 1.807) is 56.6 Å². The summed E-state index contributed by atoms with van der Waals surface area (Å²) in [7, 11) is 0. The zero-order valence-corrected chi connectivity index (χ0v) is 33.5. The largest absolute Gasteiger partial charge is 0.508 e. The minimum Gasteiger partial charge on any atom is -0.508 e. The average Bonchev–Trinajstić information content (AvgIpc) is 3.93. The first-order valence-electron chi connectivity index (χ1n) is 19.6. The molecular formula is C47H56N6O10. The lowest BCUT2D eigenvalue weighted by atomic mass is 10.1. The highest BCUT2D eigenvalue weighted by molar-refractivity contribution is 5.92. The second-order valence-electron chi connectivity index (χ2n) is 14.8. The fourth-order valence-corrected chi connectivity index (χ4v) is 6.82. The van der Waals surface area contributed by atoms with Crippen LogP contribution < -0.4 is 15.4 Å². The van der Waals surface area contributed by atoms with E-state index in [4.69, 9.17) is 4.74 Å². The molecule has 0 saturated carbocycles. The number of pyridine rings is 2. The number of ether oxygens (including phenoxy) is 1. The number of aromatic nitrogens is 2. The van der Waals surface area contributed by atoms with Gasteiger partial charge in [0.25, 0.3) is 23.6 Å². The van der Waals surface area contributed by atoms with Crippen molar-refractivity contribution in [3.63, 3.8) is 0 Å². The maximum absolute atomic E-state index is 12.6. The van der Waals surface area contributed by atoms with Gasteiger partial charge in [0.2, 0.25) is 0 Å². The van der Waals surface area contributed by atoms with Crippen LogP contribution >= 0.6 is 0 Å². The molecule has 0 saturated heterocycles. The highest BCUT2D eigenvalue weighted by Gasteiger charge is 2.37. The fourth-order valence-electron chi connectivity index (χ4n) is 6.82. The van der Waals surface area contributed by atoms with Gasteiger partial charge >= 0.3 is 0 Å². The van der Waals surface area contributed by atoms with Gasteiger partial charge in [0.15, 0.2) is 24.4 Å². The predicted molar refractivity (Wildman–Crippen MR) is 233 cm³/mol. The van der Waals surface area contributed by atoms with Crippen LogP contribution in [0.3, 0.4) is 0 Å². The molecule has 0 bridgehead atoms. The van der Waals surface area contributed by atoms with Gasteiger partial charge in [0.05, 0.1) is 36.6 Å². The first-order chi connectivity index (χ1) is 29.3. The van der Waals surface area contributed by atoms with E-state index in [0.717, 1.165) is 33.6 Å². The molecule has 0 radical (unpaired) electrons. The third-order valence-corrected chi connectivity index (χ3v) is 10.3. The first kappa shape index (κ1) is 48.9. The maximum atomic E-state index is 12.6. The van der Waals surface area contributed by atoms with E-state index in [0.29, 0.717) is 17.9 Å². The molecule has 6 atom stereocenters. The molecule has 7 N–H and O–H groups in total. The lowest BCUT2D eigenvalue weighted by molar-refractivity contribution is -0.153. The maximum Gasteiger partial charge on any atom is 0.255 e. The van der Waals surface area contributed by atoms with Gasteiger partial charge in [0.1, 0.15) is 18.1 Å². The summed E-state index contributed by atoms with van der Waals surface area (Å²) in [5.74, 6) is -2.47. The number of phenolic OH excluding ortho intramolecular Hbond substituents is 1. The zero-order valence-electron chi connectivity index (χ0n) is 33.5. The predicted octanol–water partition coefficient (Wildman–Crippen LogP) is 3.60. The van der Waals surface area contributed by atoms with Gasteiger partial charge in [-0.3, -0.25) is 29.1 Å². The van der Waals surface area contributed by atoms with E-state index >= 15 is 0 Å². The Bertz CT molecular complexity index is 2280. The second-order valence-corrected chi connectivity index (χ2v) is 14.8. The number of carbonyl (C=O) groups is 4. The van der Waals surface area contributed by atoms with Crippen molar-refractivity contribution in [1.29, 1.82) is 0 Å². The summed E-state index contributed by atoms with van der Waals surface area (Å²) in [6.07, 6.45) is -4.31. The lowest BCUT2D eigenvalue weighted by Gasteiger charge is -2.24. The van der Waals surface area contributed by atoms with Crippen LogP contribution in [0.25, 0.3) is 0 Å². The Morgan fingerprint density at radius 1 is 0.603 bits per heavy atom. The molecule has 16 heteroatoms. The van der Waals surface area contributed by atoms with Crippen molar-refractivity contribution in [1.82, 2.24) is 30.4 Å². The summed E-state index contributed by atoms with van der Waals surface area (Å²) in [6.45, 7) is 4.82. The number of fused-ring (bicyclic) bond motifs is 2. The lowest BCUT2D eigenvalue weighted by Crippen LogP contribution is -2.50. The minimum atomic E-state index is -1.91. The van der Waals surface area contributed by atoms with Crippen molar-refractivity contribution in [2.45, 2.75) is 98.0 Å². The Kier molecular flexibility index (Phi) is 17.4. The van der Waals surface area contributed by atoms with Crippen molar-refractivity contribution < 1.29 is 49.4 Å². The van der Waals surface area contributed by atoms with Crippen molar-refractivity contribution in [3.05, 3.63) is 155 Å². The van der Waals surface area contributed by atoms with Gasteiger partial charge in [0, 0.05) is 25.5 Å². The van der Waals surface area contributed by atoms with Crippen molar-refractivity contribution in [3.8, 4) is 11.5 Å².